The third kappa shape index (κ3) is 1.76. The van der Waals surface area contributed by atoms with Crippen LogP contribution in [0.5, 0.6) is 0 Å². The lowest BCUT2D eigenvalue weighted by atomic mass is 10.2. The van der Waals surface area contributed by atoms with Crippen LogP contribution in [0.4, 0.5) is 0 Å². The third-order valence-corrected chi connectivity index (χ3v) is 2.38. The van der Waals surface area contributed by atoms with Crippen LogP contribution in [0, 0.1) is 0 Å². The zero-order valence-electron chi connectivity index (χ0n) is 7.54. The number of rotatable bonds is 1. The van der Waals surface area contributed by atoms with Crippen molar-refractivity contribution in [3.8, 4) is 11.4 Å². The molecule has 0 N–H and O–H groups in total. The second-order valence-corrected chi connectivity index (χ2v) is 3.83. The van der Waals surface area contributed by atoms with Gasteiger partial charge in [0.15, 0.2) is 0 Å². The van der Waals surface area contributed by atoms with E-state index in [-0.39, 0.29) is 0 Å². The molecule has 0 unspecified atom stereocenters. The molecule has 0 fully saturated rings. The van der Waals surface area contributed by atoms with Crippen LogP contribution < -0.4 is 0 Å². The fourth-order valence-electron chi connectivity index (χ4n) is 1.30. The van der Waals surface area contributed by atoms with Crippen LogP contribution in [0.15, 0.2) is 30.5 Å². The molecule has 0 amide bonds. The topological polar surface area (TPSA) is 17.8 Å². The zero-order valence-corrected chi connectivity index (χ0v) is 9.05. The number of imidazole rings is 1. The number of benzene rings is 1. The van der Waals surface area contributed by atoms with Gasteiger partial charge in [0.2, 0.25) is 0 Å². The fourth-order valence-corrected chi connectivity index (χ4v) is 1.65. The molecule has 0 atom stereocenters. The molecule has 0 aliphatic heterocycles. The standard InChI is InChI=1S/C10H8Cl2N2/c1-14-6-9(12)13-10(14)7-2-4-8(11)5-3-7/h2-6H,1H3. The Balaban J connectivity index is 2.49. The predicted octanol–water partition coefficient (Wildman–Crippen LogP) is 3.39. The van der Waals surface area contributed by atoms with Crippen molar-refractivity contribution in [3.05, 3.63) is 40.6 Å². The van der Waals surface area contributed by atoms with E-state index in [1.807, 2.05) is 35.9 Å². The van der Waals surface area contributed by atoms with Gasteiger partial charge in [-0.15, -0.1) is 0 Å². The summed E-state index contributed by atoms with van der Waals surface area (Å²) in [5, 5.41) is 1.21. The highest BCUT2D eigenvalue weighted by atomic mass is 35.5. The number of halogens is 2. The first-order valence-corrected chi connectivity index (χ1v) is 4.87. The van der Waals surface area contributed by atoms with Crippen LogP contribution in [-0.2, 0) is 7.05 Å². The summed E-state index contributed by atoms with van der Waals surface area (Å²) in [6.07, 6.45) is 1.77. The van der Waals surface area contributed by atoms with Crippen molar-refractivity contribution in [3.63, 3.8) is 0 Å². The lowest BCUT2D eigenvalue weighted by Crippen LogP contribution is -1.90. The van der Waals surface area contributed by atoms with Gasteiger partial charge >= 0.3 is 0 Å². The maximum absolute atomic E-state index is 5.79. The highest BCUT2D eigenvalue weighted by molar-refractivity contribution is 6.30. The Morgan fingerprint density at radius 1 is 1.14 bits per heavy atom. The first-order valence-electron chi connectivity index (χ1n) is 4.11. The van der Waals surface area contributed by atoms with E-state index in [0.717, 1.165) is 11.4 Å². The summed E-state index contributed by atoms with van der Waals surface area (Å²) in [5.41, 5.74) is 1.00. The fraction of sp³-hybridized carbons (Fsp3) is 0.100. The highest BCUT2D eigenvalue weighted by Crippen LogP contribution is 2.21. The van der Waals surface area contributed by atoms with E-state index in [1.165, 1.54) is 0 Å². The Bertz CT molecular complexity index is 446. The van der Waals surface area contributed by atoms with Gasteiger partial charge in [0.25, 0.3) is 0 Å². The lowest BCUT2D eigenvalue weighted by molar-refractivity contribution is 0.925. The summed E-state index contributed by atoms with van der Waals surface area (Å²) in [6.45, 7) is 0. The highest BCUT2D eigenvalue weighted by Gasteiger charge is 2.05. The summed E-state index contributed by atoms with van der Waals surface area (Å²) in [7, 11) is 1.91. The molecule has 4 heteroatoms. The molecule has 1 aromatic carbocycles. The molecule has 2 nitrogen and oxygen atoms in total. The number of nitrogens with zero attached hydrogens (tertiary/aromatic N) is 2. The number of aryl methyl sites for hydroxylation is 1. The van der Waals surface area contributed by atoms with Gasteiger partial charge in [-0.2, -0.15) is 0 Å². The summed E-state index contributed by atoms with van der Waals surface area (Å²) >= 11 is 11.6. The molecule has 1 heterocycles. The largest absolute Gasteiger partial charge is 0.332 e. The Morgan fingerprint density at radius 3 is 2.29 bits per heavy atom. The molecule has 0 saturated carbocycles. The molecule has 1 aromatic heterocycles. The normalized spacial score (nSPS) is 10.5. The van der Waals surface area contributed by atoms with E-state index in [2.05, 4.69) is 4.98 Å². The molecule has 2 aromatic rings. The van der Waals surface area contributed by atoms with Gasteiger partial charge in [0, 0.05) is 23.8 Å². The predicted molar refractivity (Wildman–Crippen MR) is 58.7 cm³/mol. The summed E-state index contributed by atoms with van der Waals surface area (Å²) in [4.78, 5) is 4.20. The smallest absolute Gasteiger partial charge is 0.147 e. The lowest BCUT2D eigenvalue weighted by Gasteiger charge is -2.00. The van der Waals surface area contributed by atoms with E-state index in [0.29, 0.717) is 10.2 Å². The summed E-state index contributed by atoms with van der Waals surface area (Å²) < 4.78 is 1.88. The number of aromatic nitrogens is 2. The monoisotopic (exact) mass is 226 g/mol. The van der Waals surface area contributed by atoms with Crippen LogP contribution in [0.2, 0.25) is 10.2 Å². The minimum atomic E-state index is 0.498. The Morgan fingerprint density at radius 2 is 1.79 bits per heavy atom. The van der Waals surface area contributed by atoms with Crippen molar-refractivity contribution in [2.24, 2.45) is 7.05 Å². The van der Waals surface area contributed by atoms with Crippen LogP contribution in [0.25, 0.3) is 11.4 Å². The van der Waals surface area contributed by atoms with E-state index in [4.69, 9.17) is 23.2 Å². The first-order chi connectivity index (χ1) is 6.66. The number of hydrogen-bond donors (Lipinski definition) is 0. The molecule has 0 aliphatic carbocycles. The maximum Gasteiger partial charge on any atom is 0.147 e. The van der Waals surface area contributed by atoms with E-state index < -0.39 is 0 Å². The average molecular weight is 227 g/mol. The summed E-state index contributed by atoms with van der Waals surface area (Å²) in [5.74, 6) is 0.840. The van der Waals surface area contributed by atoms with Gasteiger partial charge < -0.3 is 4.57 Å². The molecule has 2 rings (SSSR count). The van der Waals surface area contributed by atoms with E-state index >= 15 is 0 Å². The maximum atomic E-state index is 5.79. The van der Waals surface area contributed by atoms with Crippen LogP contribution in [-0.4, -0.2) is 9.55 Å². The Labute approximate surface area is 92.1 Å². The zero-order chi connectivity index (χ0) is 10.1. The van der Waals surface area contributed by atoms with Crippen molar-refractivity contribution in [1.29, 1.82) is 0 Å². The molecule has 0 saturated heterocycles. The Kier molecular flexibility index (Phi) is 2.48. The van der Waals surface area contributed by atoms with Crippen LogP contribution in [0.1, 0.15) is 0 Å². The molecule has 0 aliphatic rings. The second-order valence-electron chi connectivity index (χ2n) is 3.01. The number of hydrogen-bond acceptors (Lipinski definition) is 1. The van der Waals surface area contributed by atoms with Crippen LogP contribution in [0.3, 0.4) is 0 Å². The quantitative estimate of drug-likeness (QED) is 0.730. The van der Waals surface area contributed by atoms with Gasteiger partial charge in [0.1, 0.15) is 11.0 Å². The third-order valence-electron chi connectivity index (χ3n) is 1.95. The van der Waals surface area contributed by atoms with Crippen LogP contribution >= 0.6 is 23.2 Å². The van der Waals surface area contributed by atoms with Crippen molar-refractivity contribution in [1.82, 2.24) is 9.55 Å². The van der Waals surface area contributed by atoms with Crippen molar-refractivity contribution in [2.45, 2.75) is 0 Å². The van der Waals surface area contributed by atoms with Crippen molar-refractivity contribution < 1.29 is 0 Å². The molecular weight excluding hydrogens is 219 g/mol. The average Bonchev–Trinajstić information content (AvgIpc) is 2.47. The van der Waals surface area contributed by atoms with Crippen molar-refractivity contribution >= 4 is 23.2 Å². The molecule has 14 heavy (non-hydrogen) atoms. The van der Waals surface area contributed by atoms with Gasteiger partial charge in [-0.1, -0.05) is 23.2 Å². The summed E-state index contributed by atoms with van der Waals surface area (Å²) in [6, 6.07) is 7.50. The van der Waals surface area contributed by atoms with Gasteiger partial charge in [-0.3, -0.25) is 0 Å². The minimum absolute atomic E-state index is 0.498. The molecule has 0 bridgehead atoms. The molecular formula is C10H8Cl2N2. The van der Waals surface area contributed by atoms with E-state index in [1.54, 1.807) is 6.20 Å². The first kappa shape index (κ1) is 9.56. The van der Waals surface area contributed by atoms with Gasteiger partial charge in [-0.05, 0) is 24.3 Å². The minimum Gasteiger partial charge on any atom is -0.332 e. The van der Waals surface area contributed by atoms with Gasteiger partial charge in [0.05, 0.1) is 0 Å². The SMILES string of the molecule is Cn1cc(Cl)nc1-c1ccc(Cl)cc1. The molecule has 0 spiro atoms. The molecule has 0 radical (unpaired) electrons. The van der Waals surface area contributed by atoms with E-state index in [9.17, 15) is 0 Å². The second kappa shape index (κ2) is 3.64. The van der Waals surface area contributed by atoms with Crippen molar-refractivity contribution in [2.75, 3.05) is 0 Å². The molecule has 72 valence electrons. The van der Waals surface area contributed by atoms with Gasteiger partial charge in [-0.25, -0.2) is 4.98 Å². The Hall–Kier alpha value is -0.990.